The molecule has 0 aromatic heterocycles. The Morgan fingerprint density at radius 1 is 1.56 bits per heavy atom. The van der Waals surface area contributed by atoms with Gasteiger partial charge in [-0.25, -0.2) is 0 Å². The molecule has 18 heavy (non-hydrogen) atoms. The monoisotopic (exact) mass is 256 g/mol. The Morgan fingerprint density at radius 2 is 2.17 bits per heavy atom. The van der Waals surface area contributed by atoms with Gasteiger partial charge >= 0.3 is 5.97 Å². The van der Waals surface area contributed by atoms with Crippen molar-refractivity contribution >= 4 is 5.97 Å². The van der Waals surface area contributed by atoms with Crippen molar-refractivity contribution in [2.24, 2.45) is 11.7 Å². The van der Waals surface area contributed by atoms with E-state index in [2.05, 4.69) is 18.7 Å². The van der Waals surface area contributed by atoms with E-state index in [1.807, 2.05) is 0 Å². The Balaban J connectivity index is 2.49. The van der Waals surface area contributed by atoms with Gasteiger partial charge in [-0.3, -0.25) is 4.79 Å². The summed E-state index contributed by atoms with van der Waals surface area (Å²) in [5.41, 5.74) is 5.15. The number of hydrogen-bond donors (Lipinski definition) is 1. The lowest BCUT2D eigenvalue weighted by molar-refractivity contribution is -0.147. The molecule has 0 aromatic rings. The summed E-state index contributed by atoms with van der Waals surface area (Å²) >= 11 is 0. The van der Waals surface area contributed by atoms with Crippen LogP contribution in [0, 0.1) is 5.92 Å². The Bertz CT molecular complexity index is 275. The molecule has 0 aromatic carbocycles. The average Bonchev–Trinajstić information content (AvgIpc) is 2.25. The first-order chi connectivity index (χ1) is 8.40. The zero-order valence-electron chi connectivity index (χ0n) is 12.2. The molecular formula is C14H28N2O2. The lowest BCUT2D eigenvalue weighted by atomic mass is 9.84. The van der Waals surface area contributed by atoms with Crippen LogP contribution >= 0.6 is 0 Å². The molecule has 2 unspecified atom stereocenters. The molecule has 4 heteroatoms. The van der Waals surface area contributed by atoms with Crippen molar-refractivity contribution in [1.82, 2.24) is 4.90 Å². The van der Waals surface area contributed by atoms with Gasteiger partial charge in [-0.15, -0.1) is 0 Å². The Hall–Kier alpha value is -0.610. The van der Waals surface area contributed by atoms with E-state index in [0.29, 0.717) is 12.5 Å². The second-order valence-corrected chi connectivity index (χ2v) is 5.85. The molecule has 2 atom stereocenters. The van der Waals surface area contributed by atoms with Crippen molar-refractivity contribution in [1.29, 1.82) is 0 Å². The molecule has 1 aliphatic carbocycles. The van der Waals surface area contributed by atoms with Gasteiger partial charge in [0.15, 0.2) is 0 Å². The fourth-order valence-electron chi connectivity index (χ4n) is 2.69. The molecule has 0 aliphatic heterocycles. The van der Waals surface area contributed by atoms with E-state index in [9.17, 15) is 4.79 Å². The van der Waals surface area contributed by atoms with E-state index in [4.69, 9.17) is 10.5 Å². The van der Waals surface area contributed by atoms with Crippen LogP contribution in [0.5, 0.6) is 0 Å². The molecule has 1 saturated carbocycles. The molecule has 2 N–H and O–H groups in total. The number of carbonyl (C=O) groups is 1. The standard InChI is InChI=1S/C14H28N2O2/c1-5-16(10-12-7-6-8-12)11(2)9-14(3,15)13(17)18-4/h11-12H,5-10,15H2,1-4H3. The van der Waals surface area contributed by atoms with Crippen molar-refractivity contribution in [2.75, 3.05) is 20.2 Å². The van der Waals surface area contributed by atoms with Crippen LogP contribution in [-0.2, 0) is 9.53 Å². The molecule has 0 bridgehead atoms. The van der Waals surface area contributed by atoms with Crippen LogP contribution in [-0.4, -0.2) is 42.6 Å². The summed E-state index contributed by atoms with van der Waals surface area (Å²) in [7, 11) is 1.39. The maximum atomic E-state index is 11.6. The Morgan fingerprint density at radius 3 is 2.56 bits per heavy atom. The maximum absolute atomic E-state index is 11.6. The van der Waals surface area contributed by atoms with Gasteiger partial charge in [0, 0.05) is 12.6 Å². The van der Waals surface area contributed by atoms with Crippen molar-refractivity contribution in [3.05, 3.63) is 0 Å². The average molecular weight is 256 g/mol. The molecule has 1 fully saturated rings. The molecule has 1 rings (SSSR count). The molecule has 0 heterocycles. The van der Waals surface area contributed by atoms with Gasteiger partial charge in [0.05, 0.1) is 7.11 Å². The fraction of sp³-hybridized carbons (Fsp3) is 0.929. The van der Waals surface area contributed by atoms with Gasteiger partial charge in [-0.1, -0.05) is 13.3 Å². The number of rotatable bonds is 7. The van der Waals surface area contributed by atoms with Crippen LogP contribution in [0.25, 0.3) is 0 Å². The van der Waals surface area contributed by atoms with Gasteiger partial charge in [-0.05, 0) is 45.6 Å². The van der Waals surface area contributed by atoms with Crippen LogP contribution in [0.4, 0.5) is 0 Å². The highest BCUT2D eigenvalue weighted by atomic mass is 16.5. The lowest BCUT2D eigenvalue weighted by Crippen LogP contribution is -2.51. The SMILES string of the molecule is CCN(CC1CCC1)C(C)CC(C)(N)C(=O)OC. The van der Waals surface area contributed by atoms with Gasteiger partial charge in [0.1, 0.15) is 5.54 Å². The van der Waals surface area contributed by atoms with Crippen molar-refractivity contribution in [3.63, 3.8) is 0 Å². The highest BCUT2D eigenvalue weighted by Gasteiger charge is 2.33. The summed E-state index contributed by atoms with van der Waals surface area (Å²) in [4.78, 5) is 14.0. The van der Waals surface area contributed by atoms with Gasteiger partial charge in [0.2, 0.25) is 0 Å². The fourth-order valence-corrected chi connectivity index (χ4v) is 2.69. The van der Waals surface area contributed by atoms with E-state index in [1.54, 1.807) is 6.92 Å². The smallest absolute Gasteiger partial charge is 0.325 e. The minimum Gasteiger partial charge on any atom is -0.468 e. The van der Waals surface area contributed by atoms with Crippen molar-refractivity contribution in [3.8, 4) is 0 Å². The molecule has 4 nitrogen and oxygen atoms in total. The number of hydrogen-bond acceptors (Lipinski definition) is 4. The summed E-state index contributed by atoms with van der Waals surface area (Å²) in [6.07, 6.45) is 4.70. The summed E-state index contributed by atoms with van der Waals surface area (Å²) in [5.74, 6) is 0.517. The Kier molecular flexibility index (Phi) is 5.60. The first-order valence-corrected chi connectivity index (χ1v) is 7.02. The van der Waals surface area contributed by atoms with Crippen molar-refractivity contribution < 1.29 is 9.53 Å². The number of methoxy groups -OCH3 is 1. The Labute approximate surface area is 111 Å². The third-order valence-electron chi connectivity index (χ3n) is 4.12. The molecule has 0 saturated heterocycles. The van der Waals surface area contributed by atoms with E-state index in [0.717, 1.165) is 19.0 Å². The zero-order valence-corrected chi connectivity index (χ0v) is 12.2. The first kappa shape index (κ1) is 15.4. The van der Waals surface area contributed by atoms with E-state index in [1.165, 1.54) is 26.4 Å². The van der Waals surface area contributed by atoms with Crippen LogP contribution in [0.2, 0.25) is 0 Å². The topological polar surface area (TPSA) is 55.6 Å². The number of ether oxygens (including phenoxy) is 1. The number of nitrogens with two attached hydrogens (primary N) is 1. The predicted molar refractivity (Wildman–Crippen MR) is 73.3 cm³/mol. The minimum atomic E-state index is -0.888. The number of esters is 1. The number of nitrogens with zero attached hydrogens (tertiary/aromatic N) is 1. The third kappa shape index (κ3) is 3.95. The van der Waals surface area contributed by atoms with Crippen LogP contribution in [0.3, 0.4) is 0 Å². The van der Waals surface area contributed by atoms with Crippen LogP contribution in [0.1, 0.15) is 46.5 Å². The summed E-state index contributed by atoms with van der Waals surface area (Å²) in [5, 5.41) is 0. The molecule has 0 radical (unpaired) electrons. The van der Waals surface area contributed by atoms with E-state index >= 15 is 0 Å². The zero-order chi connectivity index (χ0) is 13.8. The summed E-state index contributed by atoms with van der Waals surface area (Å²) in [6, 6.07) is 0.310. The second kappa shape index (κ2) is 6.53. The first-order valence-electron chi connectivity index (χ1n) is 7.02. The lowest BCUT2D eigenvalue weighted by Gasteiger charge is -2.37. The van der Waals surface area contributed by atoms with Crippen LogP contribution in [0.15, 0.2) is 0 Å². The van der Waals surface area contributed by atoms with E-state index in [-0.39, 0.29) is 5.97 Å². The summed E-state index contributed by atoms with van der Waals surface area (Å²) in [6.45, 7) is 8.22. The van der Waals surface area contributed by atoms with Gasteiger partial charge in [-0.2, -0.15) is 0 Å². The highest BCUT2D eigenvalue weighted by molar-refractivity contribution is 5.79. The summed E-state index contributed by atoms with van der Waals surface area (Å²) < 4.78 is 4.76. The predicted octanol–water partition coefficient (Wildman–Crippen LogP) is 1.78. The van der Waals surface area contributed by atoms with Gasteiger partial charge < -0.3 is 15.4 Å². The third-order valence-corrected chi connectivity index (χ3v) is 4.12. The van der Waals surface area contributed by atoms with Crippen molar-refractivity contribution in [2.45, 2.75) is 58.0 Å². The highest BCUT2D eigenvalue weighted by Crippen LogP contribution is 2.28. The second-order valence-electron chi connectivity index (χ2n) is 5.85. The molecule has 0 amide bonds. The number of carbonyl (C=O) groups excluding carboxylic acids is 1. The largest absolute Gasteiger partial charge is 0.468 e. The normalized spacial score (nSPS) is 21.2. The molecule has 106 valence electrons. The van der Waals surface area contributed by atoms with Gasteiger partial charge in [0.25, 0.3) is 0 Å². The minimum absolute atomic E-state index is 0.310. The van der Waals surface area contributed by atoms with Crippen LogP contribution < -0.4 is 5.73 Å². The molecule has 1 aliphatic rings. The maximum Gasteiger partial charge on any atom is 0.325 e. The quantitative estimate of drug-likeness (QED) is 0.705. The van der Waals surface area contributed by atoms with E-state index < -0.39 is 5.54 Å². The molecule has 0 spiro atoms. The molecular weight excluding hydrogens is 228 g/mol.